The third kappa shape index (κ3) is 6.27. The number of para-hydroxylation sites is 1. The SMILES string of the molecule is c1ccc(-c2cccc(C3=NC(c4ccc5oc6cc7c(cc6c5c4)c4ccccc4n7-c4cccc(-c5ccccc5)c4)N=C(c4cccc(-c5ccccc5)c4)N3)c2)cc1. The highest BCUT2D eigenvalue weighted by atomic mass is 16.3. The van der Waals surface area contributed by atoms with Gasteiger partial charge in [-0.2, -0.15) is 0 Å². The summed E-state index contributed by atoms with van der Waals surface area (Å²) in [6.45, 7) is 0. The van der Waals surface area contributed by atoms with Crippen LogP contribution in [-0.2, 0) is 0 Å². The predicted octanol–water partition coefficient (Wildman–Crippen LogP) is 14.2. The molecule has 1 aliphatic rings. The van der Waals surface area contributed by atoms with Crippen molar-refractivity contribution in [2.24, 2.45) is 9.98 Å². The number of aromatic nitrogens is 1. The Morgan fingerprint density at radius 1 is 0.355 bits per heavy atom. The molecule has 5 heteroatoms. The number of fused-ring (bicyclic) bond motifs is 6. The monoisotopic (exact) mass is 794 g/mol. The number of benzene rings is 9. The van der Waals surface area contributed by atoms with E-state index >= 15 is 0 Å². The molecule has 12 rings (SSSR count). The number of aliphatic imine (C=N–C) groups is 2. The van der Waals surface area contributed by atoms with Crippen LogP contribution >= 0.6 is 0 Å². The lowest BCUT2D eigenvalue weighted by molar-refractivity contribution is 0.668. The second-order valence-electron chi connectivity index (χ2n) is 15.8. The van der Waals surface area contributed by atoms with Crippen molar-refractivity contribution < 1.29 is 4.42 Å². The third-order valence-corrected chi connectivity index (χ3v) is 12.0. The van der Waals surface area contributed by atoms with E-state index < -0.39 is 6.17 Å². The molecule has 0 fully saturated rings. The van der Waals surface area contributed by atoms with Crippen LogP contribution < -0.4 is 5.32 Å². The average molecular weight is 795 g/mol. The number of hydrogen-bond acceptors (Lipinski definition) is 4. The minimum atomic E-state index is -0.501. The summed E-state index contributed by atoms with van der Waals surface area (Å²) in [4.78, 5) is 10.7. The second kappa shape index (κ2) is 14.8. The Balaban J connectivity index is 0.997. The fourth-order valence-electron chi connectivity index (χ4n) is 9.00. The molecule has 0 aliphatic carbocycles. The van der Waals surface area contributed by atoms with Gasteiger partial charge in [-0.1, -0.05) is 164 Å². The Labute approximate surface area is 358 Å². The molecular weight excluding hydrogens is 757 g/mol. The molecule has 3 heterocycles. The first kappa shape index (κ1) is 35.6. The smallest absolute Gasteiger partial charge is 0.169 e. The maximum absolute atomic E-state index is 6.68. The minimum Gasteiger partial charge on any atom is -0.456 e. The zero-order valence-corrected chi connectivity index (χ0v) is 33.6. The topological polar surface area (TPSA) is 54.8 Å². The molecule has 292 valence electrons. The van der Waals surface area contributed by atoms with Gasteiger partial charge in [-0.05, 0) is 87.5 Å². The van der Waals surface area contributed by atoms with Crippen LogP contribution in [0.4, 0.5) is 0 Å². The Morgan fingerprint density at radius 2 is 0.871 bits per heavy atom. The zero-order chi connectivity index (χ0) is 41.0. The normalized spacial score (nSPS) is 13.1. The van der Waals surface area contributed by atoms with Gasteiger partial charge < -0.3 is 14.3 Å². The minimum absolute atomic E-state index is 0.501. The van der Waals surface area contributed by atoms with E-state index in [0.717, 1.165) is 89.3 Å². The Kier molecular flexibility index (Phi) is 8.49. The highest BCUT2D eigenvalue weighted by Gasteiger charge is 2.23. The molecule has 62 heavy (non-hydrogen) atoms. The molecule has 9 aromatic carbocycles. The molecule has 0 unspecified atom stereocenters. The molecule has 0 saturated heterocycles. The highest BCUT2D eigenvalue weighted by molar-refractivity contribution is 6.18. The molecule has 0 saturated carbocycles. The third-order valence-electron chi connectivity index (χ3n) is 12.0. The first-order valence-corrected chi connectivity index (χ1v) is 21.0. The van der Waals surface area contributed by atoms with Crippen LogP contribution in [0.25, 0.3) is 82.8 Å². The van der Waals surface area contributed by atoms with Crippen LogP contribution in [0, 0.1) is 0 Å². The van der Waals surface area contributed by atoms with Crippen LogP contribution in [0.1, 0.15) is 22.9 Å². The van der Waals surface area contributed by atoms with Gasteiger partial charge in [0, 0.05) is 44.4 Å². The zero-order valence-electron chi connectivity index (χ0n) is 33.6. The number of hydrogen-bond donors (Lipinski definition) is 1. The molecular formula is C57H38N4O. The number of nitrogens with zero attached hydrogens (tertiary/aromatic N) is 3. The molecule has 2 aromatic heterocycles. The second-order valence-corrected chi connectivity index (χ2v) is 15.8. The van der Waals surface area contributed by atoms with E-state index in [1.807, 2.05) is 12.1 Å². The molecule has 1 aliphatic heterocycles. The van der Waals surface area contributed by atoms with Gasteiger partial charge in [0.2, 0.25) is 0 Å². The van der Waals surface area contributed by atoms with Crippen LogP contribution in [0.5, 0.6) is 0 Å². The standard InChI is InChI=1S/C57H38N4O/c1-4-15-37(16-5-1)40-21-12-24-43(31-40)55-58-56(44-25-13-22-41(32-44)38-17-6-2-7-18-38)60-57(59-55)45-29-30-53-49(34-45)50-35-48-47-27-10-11-28-51(47)61(52(48)36-54(50)62-53)46-26-14-23-42(33-46)39-19-8-3-9-20-39/h1-36,57H,(H,58,59,60). The Bertz CT molecular complexity index is 3450. The van der Waals surface area contributed by atoms with Gasteiger partial charge in [0.25, 0.3) is 0 Å². The van der Waals surface area contributed by atoms with Gasteiger partial charge >= 0.3 is 0 Å². The fraction of sp³-hybridized carbons (Fsp3) is 0.0175. The molecule has 11 aromatic rings. The quantitative estimate of drug-likeness (QED) is 0.175. The van der Waals surface area contributed by atoms with Gasteiger partial charge in [-0.3, -0.25) is 0 Å². The number of amidine groups is 2. The van der Waals surface area contributed by atoms with E-state index in [1.165, 1.54) is 21.9 Å². The van der Waals surface area contributed by atoms with Crippen molar-refractivity contribution in [2.75, 3.05) is 0 Å². The van der Waals surface area contributed by atoms with Gasteiger partial charge in [0.1, 0.15) is 22.8 Å². The maximum Gasteiger partial charge on any atom is 0.169 e. The summed E-state index contributed by atoms with van der Waals surface area (Å²) in [7, 11) is 0. The van der Waals surface area contributed by atoms with E-state index in [9.17, 15) is 0 Å². The van der Waals surface area contributed by atoms with Gasteiger partial charge in [0.05, 0.1) is 11.0 Å². The summed E-state index contributed by atoms with van der Waals surface area (Å²) < 4.78 is 9.03. The van der Waals surface area contributed by atoms with Gasteiger partial charge in [-0.25, -0.2) is 9.98 Å². The molecule has 1 N–H and O–H groups in total. The number of nitrogens with one attached hydrogen (secondary N) is 1. The summed E-state index contributed by atoms with van der Waals surface area (Å²) in [5.41, 5.74) is 14.9. The van der Waals surface area contributed by atoms with E-state index in [-0.39, 0.29) is 0 Å². The van der Waals surface area contributed by atoms with Gasteiger partial charge in [-0.15, -0.1) is 0 Å². The van der Waals surface area contributed by atoms with E-state index in [4.69, 9.17) is 14.4 Å². The Hall–Kier alpha value is -8.28. The van der Waals surface area contributed by atoms with Crippen molar-refractivity contribution in [3.63, 3.8) is 0 Å². The first-order chi connectivity index (χ1) is 30.7. The number of rotatable bonds is 7. The van der Waals surface area contributed by atoms with Crippen LogP contribution in [-0.4, -0.2) is 16.2 Å². The van der Waals surface area contributed by atoms with Crippen molar-refractivity contribution >= 4 is 55.4 Å². The molecule has 0 bridgehead atoms. The van der Waals surface area contributed by atoms with Crippen molar-refractivity contribution in [2.45, 2.75) is 6.17 Å². The van der Waals surface area contributed by atoms with E-state index in [1.54, 1.807) is 0 Å². The van der Waals surface area contributed by atoms with Gasteiger partial charge in [0.15, 0.2) is 6.17 Å². The molecule has 0 amide bonds. The fourth-order valence-corrected chi connectivity index (χ4v) is 9.00. The van der Waals surface area contributed by atoms with Crippen LogP contribution in [0.3, 0.4) is 0 Å². The molecule has 0 radical (unpaired) electrons. The summed E-state index contributed by atoms with van der Waals surface area (Å²) in [5.74, 6) is 1.54. The van der Waals surface area contributed by atoms with Crippen LogP contribution in [0.2, 0.25) is 0 Å². The molecule has 5 nitrogen and oxygen atoms in total. The van der Waals surface area contributed by atoms with Crippen molar-refractivity contribution in [1.29, 1.82) is 0 Å². The summed E-state index contributed by atoms with van der Waals surface area (Å²) >= 11 is 0. The maximum atomic E-state index is 6.68. The lowest BCUT2D eigenvalue weighted by Crippen LogP contribution is -2.36. The predicted molar refractivity (Wildman–Crippen MR) is 256 cm³/mol. The summed E-state index contributed by atoms with van der Waals surface area (Å²) in [5, 5.41) is 8.11. The average Bonchev–Trinajstić information content (AvgIpc) is 3.88. The van der Waals surface area contributed by atoms with Crippen LogP contribution in [0.15, 0.2) is 233 Å². The van der Waals surface area contributed by atoms with E-state index in [0.29, 0.717) is 0 Å². The van der Waals surface area contributed by atoms with Crippen molar-refractivity contribution in [1.82, 2.24) is 9.88 Å². The largest absolute Gasteiger partial charge is 0.456 e. The lowest BCUT2D eigenvalue weighted by Gasteiger charge is -2.23. The highest BCUT2D eigenvalue weighted by Crippen LogP contribution is 2.40. The first-order valence-electron chi connectivity index (χ1n) is 21.0. The van der Waals surface area contributed by atoms with Crippen molar-refractivity contribution in [3.8, 4) is 39.1 Å². The Morgan fingerprint density at radius 3 is 1.50 bits per heavy atom. The molecule has 0 atom stereocenters. The molecule has 0 spiro atoms. The summed E-state index contributed by atoms with van der Waals surface area (Å²) in [6.07, 6.45) is -0.501. The summed E-state index contributed by atoms with van der Waals surface area (Å²) in [6, 6.07) is 76.9. The van der Waals surface area contributed by atoms with E-state index in [2.05, 4.69) is 216 Å². The van der Waals surface area contributed by atoms with Crippen molar-refractivity contribution in [3.05, 3.63) is 235 Å². The number of furan rings is 1. The lowest BCUT2D eigenvalue weighted by atomic mass is 10.0.